The molecule has 0 radical (unpaired) electrons. The van der Waals surface area contributed by atoms with Crippen LogP contribution in [0.1, 0.15) is 60.8 Å². The van der Waals surface area contributed by atoms with Gasteiger partial charge in [0.05, 0.1) is 0 Å². The quantitative estimate of drug-likeness (QED) is 0.738. The van der Waals surface area contributed by atoms with E-state index in [2.05, 4.69) is 51.8 Å². The van der Waals surface area contributed by atoms with Crippen molar-refractivity contribution in [3.8, 4) is 0 Å². The molecule has 1 aliphatic rings. The lowest BCUT2D eigenvalue weighted by molar-refractivity contribution is 0.0697. The summed E-state index contributed by atoms with van der Waals surface area (Å²) in [5.74, 6) is 1.65. The summed E-state index contributed by atoms with van der Waals surface area (Å²) >= 11 is 0. The Morgan fingerprint density at radius 3 is 2.21 bits per heavy atom. The van der Waals surface area contributed by atoms with Crippen LogP contribution >= 0.6 is 0 Å². The van der Waals surface area contributed by atoms with Gasteiger partial charge in [0.15, 0.2) is 0 Å². The van der Waals surface area contributed by atoms with Gasteiger partial charge in [0.1, 0.15) is 0 Å². The van der Waals surface area contributed by atoms with E-state index in [9.17, 15) is 0 Å². The predicted octanol–water partition coefficient (Wildman–Crippen LogP) is 3.77. The summed E-state index contributed by atoms with van der Waals surface area (Å²) in [4.78, 5) is 2.71. The molecule has 0 aromatic rings. The minimum atomic E-state index is 0.490. The Balaban J connectivity index is 2.33. The number of hydrogen-bond donors (Lipinski definition) is 1. The highest BCUT2D eigenvalue weighted by Crippen LogP contribution is 2.35. The van der Waals surface area contributed by atoms with Gasteiger partial charge in [-0.2, -0.15) is 0 Å². The molecule has 2 unspecified atom stereocenters. The summed E-state index contributed by atoms with van der Waals surface area (Å²) in [5, 5.41) is 3.56. The zero-order valence-corrected chi connectivity index (χ0v) is 14.1. The van der Waals surface area contributed by atoms with Crippen LogP contribution in [-0.2, 0) is 0 Å². The van der Waals surface area contributed by atoms with Crippen molar-refractivity contribution in [2.24, 2.45) is 17.3 Å². The maximum atomic E-state index is 3.56. The lowest BCUT2D eigenvalue weighted by atomic mass is 9.75. The number of likely N-dealkylation sites (tertiary alicyclic amines) is 1. The molecular formula is C17H36N2. The molecule has 1 fully saturated rings. The van der Waals surface area contributed by atoms with Gasteiger partial charge in [-0.15, -0.1) is 0 Å². The van der Waals surface area contributed by atoms with E-state index in [1.807, 2.05) is 0 Å². The monoisotopic (exact) mass is 268 g/mol. The van der Waals surface area contributed by atoms with Crippen molar-refractivity contribution in [3.63, 3.8) is 0 Å². The van der Waals surface area contributed by atoms with E-state index < -0.39 is 0 Å². The smallest absolute Gasteiger partial charge is 0.0105 e. The Morgan fingerprint density at radius 2 is 1.74 bits per heavy atom. The van der Waals surface area contributed by atoms with E-state index in [0.717, 1.165) is 24.9 Å². The third-order valence-electron chi connectivity index (χ3n) is 5.05. The highest BCUT2D eigenvalue weighted by atomic mass is 15.2. The van der Waals surface area contributed by atoms with E-state index in [0.29, 0.717) is 11.5 Å². The highest BCUT2D eigenvalue weighted by Gasteiger charge is 2.31. The second-order valence-corrected chi connectivity index (χ2v) is 7.60. The first-order valence-electron chi connectivity index (χ1n) is 8.31. The second kappa shape index (κ2) is 7.64. The number of rotatable bonds is 6. The molecule has 0 spiro atoms. The van der Waals surface area contributed by atoms with E-state index in [1.165, 1.54) is 32.4 Å². The Morgan fingerprint density at radius 1 is 1.16 bits per heavy atom. The average molecular weight is 268 g/mol. The normalized spacial score (nSPS) is 22.4. The van der Waals surface area contributed by atoms with E-state index in [-0.39, 0.29) is 0 Å². The largest absolute Gasteiger partial charge is 0.316 e. The van der Waals surface area contributed by atoms with Gasteiger partial charge in [-0.05, 0) is 69.6 Å². The molecule has 0 saturated carbocycles. The predicted molar refractivity (Wildman–Crippen MR) is 85.5 cm³/mol. The van der Waals surface area contributed by atoms with Gasteiger partial charge in [0.25, 0.3) is 0 Å². The molecule has 1 saturated heterocycles. The topological polar surface area (TPSA) is 15.3 Å². The van der Waals surface area contributed by atoms with Crippen molar-refractivity contribution in [3.05, 3.63) is 0 Å². The van der Waals surface area contributed by atoms with Crippen molar-refractivity contribution >= 4 is 0 Å². The van der Waals surface area contributed by atoms with Gasteiger partial charge in [-0.1, -0.05) is 34.6 Å². The van der Waals surface area contributed by atoms with Gasteiger partial charge in [-0.3, -0.25) is 0 Å². The highest BCUT2D eigenvalue weighted by molar-refractivity contribution is 4.84. The van der Waals surface area contributed by atoms with Gasteiger partial charge in [-0.25, -0.2) is 0 Å². The SMILES string of the molecule is CCCNCC(C)C(C)N1CCC(C(C)(C)C)CC1. The van der Waals surface area contributed by atoms with Crippen LogP contribution in [0.3, 0.4) is 0 Å². The molecule has 0 aromatic heterocycles. The molecule has 2 nitrogen and oxygen atoms in total. The molecule has 114 valence electrons. The van der Waals surface area contributed by atoms with Crippen molar-refractivity contribution in [1.82, 2.24) is 10.2 Å². The lowest BCUT2D eigenvalue weighted by Crippen LogP contribution is -2.46. The molecule has 0 aromatic carbocycles. The van der Waals surface area contributed by atoms with Crippen LogP contribution < -0.4 is 5.32 Å². The first kappa shape index (κ1) is 17.0. The molecule has 0 amide bonds. The van der Waals surface area contributed by atoms with E-state index >= 15 is 0 Å². The number of hydrogen-bond acceptors (Lipinski definition) is 2. The third kappa shape index (κ3) is 5.43. The van der Waals surface area contributed by atoms with Crippen molar-refractivity contribution in [2.75, 3.05) is 26.2 Å². The standard InChI is InChI=1S/C17H36N2/c1-7-10-18-13-14(2)15(3)19-11-8-16(9-12-19)17(4,5)6/h14-16,18H,7-13H2,1-6H3. The van der Waals surface area contributed by atoms with Crippen LogP contribution in [-0.4, -0.2) is 37.1 Å². The summed E-state index contributed by atoms with van der Waals surface area (Å²) in [7, 11) is 0. The molecule has 0 bridgehead atoms. The maximum Gasteiger partial charge on any atom is 0.0105 e. The van der Waals surface area contributed by atoms with Crippen LogP contribution in [0.2, 0.25) is 0 Å². The number of piperidine rings is 1. The molecule has 2 heteroatoms. The van der Waals surface area contributed by atoms with Gasteiger partial charge >= 0.3 is 0 Å². The van der Waals surface area contributed by atoms with Crippen LogP contribution in [0.4, 0.5) is 0 Å². The minimum absolute atomic E-state index is 0.490. The van der Waals surface area contributed by atoms with Gasteiger partial charge in [0.2, 0.25) is 0 Å². The summed E-state index contributed by atoms with van der Waals surface area (Å²) in [6.07, 6.45) is 3.99. The summed E-state index contributed by atoms with van der Waals surface area (Å²) in [6.45, 7) is 19.1. The average Bonchev–Trinajstić information content (AvgIpc) is 2.37. The molecule has 1 rings (SSSR count). The number of nitrogens with one attached hydrogen (secondary N) is 1. The first-order chi connectivity index (χ1) is 8.86. The lowest BCUT2D eigenvalue weighted by Gasteiger charge is -2.42. The van der Waals surface area contributed by atoms with E-state index in [4.69, 9.17) is 0 Å². The first-order valence-corrected chi connectivity index (χ1v) is 8.31. The van der Waals surface area contributed by atoms with E-state index in [1.54, 1.807) is 0 Å². The van der Waals surface area contributed by atoms with Crippen LogP contribution in [0.25, 0.3) is 0 Å². The van der Waals surface area contributed by atoms with Crippen LogP contribution in [0.5, 0.6) is 0 Å². The Kier molecular flexibility index (Phi) is 6.82. The molecule has 2 atom stereocenters. The summed E-state index contributed by atoms with van der Waals surface area (Å²) < 4.78 is 0. The fraction of sp³-hybridized carbons (Fsp3) is 1.00. The molecule has 1 aliphatic heterocycles. The molecule has 1 heterocycles. The Hall–Kier alpha value is -0.0800. The fourth-order valence-electron chi connectivity index (χ4n) is 3.21. The summed E-state index contributed by atoms with van der Waals surface area (Å²) in [5.41, 5.74) is 0.490. The van der Waals surface area contributed by atoms with Crippen molar-refractivity contribution in [1.29, 1.82) is 0 Å². The van der Waals surface area contributed by atoms with Crippen LogP contribution in [0.15, 0.2) is 0 Å². The molecule has 19 heavy (non-hydrogen) atoms. The number of nitrogens with zero attached hydrogens (tertiary/aromatic N) is 1. The van der Waals surface area contributed by atoms with Crippen molar-refractivity contribution < 1.29 is 0 Å². The molecule has 1 N–H and O–H groups in total. The van der Waals surface area contributed by atoms with Crippen LogP contribution in [0, 0.1) is 17.3 Å². The van der Waals surface area contributed by atoms with Gasteiger partial charge < -0.3 is 10.2 Å². The van der Waals surface area contributed by atoms with Gasteiger partial charge in [0, 0.05) is 6.04 Å². The fourth-order valence-corrected chi connectivity index (χ4v) is 3.21. The zero-order valence-electron chi connectivity index (χ0n) is 14.1. The Bertz CT molecular complexity index is 236. The second-order valence-electron chi connectivity index (χ2n) is 7.60. The summed E-state index contributed by atoms with van der Waals surface area (Å²) in [6, 6.07) is 0.713. The maximum absolute atomic E-state index is 3.56. The molecular weight excluding hydrogens is 232 g/mol. The third-order valence-corrected chi connectivity index (χ3v) is 5.05. The van der Waals surface area contributed by atoms with Crippen molar-refractivity contribution in [2.45, 2.75) is 66.8 Å². The minimum Gasteiger partial charge on any atom is -0.316 e. The molecule has 0 aliphatic carbocycles. The zero-order chi connectivity index (χ0) is 14.5. The Labute approximate surface area is 121 Å².